The second-order valence-corrected chi connectivity index (χ2v) is 10.9. The molecule has 1 aliphatic heterocycles. The maximum atomic E-state index is 12.0. The fourth-order valence-corrected chi connectivity index (χ4v) is 4.02. The molecular weight excluding hydrogens is 430 g/mol. The van der Waals surface area contributed by atoms with Crippen LogP contribution in [0, 0.1) is 0 Å². The molecule has 0 aromatic heterocycles. The molecule has 0 aliphatic carbocycles. The van der Waals surface area contributed by atoms with Crippen molar-refractivity contribution in [2.45, 2.75) is 43.8 Å². The van der Waals surface area contributed by atoms with Gasteiger partial charge in [0.15, 0.2) is 9.84 Å². The van der Waals surface area contributed by atoms with Crippen molar-refractivity contribution in [2.24, 2.45) is 0 Å². The van der Waals surface area contributed by atoms with Crippen molar-refractivity contribution in [3.05, 3.63) is 54.1 Å². The lowest BCUT2D eigenvalue weighted by molar-refractivity contribution is -0.155. The molecule has 0 amide bonds. The first-order chi connectivity index (χ1) is 15.0. The smallest absolute Gasteiger partial charge is 0.307 e. The standard InChI is InChI=1S/C24H31NO6S/c1-24(2,3)31-23(26)13-14-25-15-16-29-22(17-25)18-5-7-19(8-6-18)30-20-9-11-21(12-10-20)32(4,27)28/h5-12,22H,13-17H2,1-4H3. The number of morpholine rings is 1. The first kappa shape index (κ1) is 24.2. The van der Waals surface area contributed by atoms with Crippen molar-refractivity contribution in [3.63, 3.8) is 0 Å². The van der Waals surface area contributed by atoms with Gasteiger partial charge in [0.1, 0.15) is 17.1 Å². The Bertz CT molecular complexity index is 1010. The van der Waals surface area contributed by atoms with Crippen LogP contribution in [0.1, 0.15) is 38.9 Å². The van der Waals surface area contributed by atoms with E-state index in [0.717, 1.165) is 12.1 Å². The minimum absolute atomic E-state index is 0.0783. The molecule has 1 atom stereocenters. The molecule has 0 saturated carbocycles. The summed E-state index contributed by atoms with van der Waals surface area (Å²) in [5.41, 5.74) is 0.566. The van der Waals surface area contributed by atoms with Gasteiger partial charge in [0, 0.05) is 25.9 Å². The molecule has 1 aliphatic rings. The number of esters is 1. The highest BCUT2D eigenvalue weighted by atomic mass is 32.2. The summed E-state index contributed by atoms with van der Waals surface area (Å²) >= 11 is 0. The predicted molar refractivity (Wildman–Crippen MR) is 122 cm³/mol. The molecule has 32 heavy (non-hydrogen) atoms. The van der Waals surface area contributed by atoms with Gasteiger partial charge in [0.05, 0.1) is 24.0 Å². The monoisotopic (exact) mass is 461 g/mol. The Morgan fingerprint density at radius 1 is 1.06 bits per heavy atom. The summed E-state index contributed by atoms with van der Waals surface area (Å²) in [6.07, 6.45) is 1.45. The summed E-state index contributed by atoms with van der Waals surface area (Å²) < 4.78 is 40.3. The summed E-state index contributed by atoms with van der Waals surface area (Å²) in [5.74, 6) is 1.03. The van der Waals surface area contributed by atoms with Crippen molar-refractivity contribution in [1.29, 1.82) is 0 Å². The van der Waals surface area contributed by atoms with Gasteiger partial charge in [-0.15, -0.1) is 0 Å². The van der Waals surface area contributed by atoms with Gasteiger partial charge in [-0.25, -0.2) is 8.42 Å². The Balaban J connectivity index is 1.54. The summed E-state index contributed by atoms with van der Waals surface area (Å²) in [5, 5.41) is 0. The molecule has 0 radical (unpaired) electrons. The minimum Gasteiger partial charge on any atom is -0.460 e. The van der Waals surface area contributed by atoms with Crippen LogP contribution in [0.5, 0.6) is 11.5 Å². The molecular formula is C24H31NO6S. The molecule has 1 unspecified atom stereocenters. The number of sulfone groups is 1. The highest BCUT2D eigenvalue weighted by Gasteiger charge is 2.23. The topological polar surface area (TPSA) is 82.1 Å². The lowest BCUT2D eigenvalue weighted by atomic mass is 10.1. The average Bonchev–Trinajstić information content (AvgIpc) is 2.72. The fourth-order valence-electron chi connectivity index (χ4n) is 3.39. The summed E-state index contributed by atoms with van der Waals surface area (Å²) in [6, 6.07) is 14.0. The zero-order chi connectivity index (χ0) is 23.4. The second kappa shape index (κ2) is 10.0. The molecule has 1 heterocycles. The van der Waals surface area contributed by atoms with E-state index in [0.29, 0.717) is 37.6 Å². The normalized spacial score (nSPS) is 17.7. The van der Waals surface area contributed by atoms with Crippen LogP contribution >= 0.6 is 0 Å². The molecule has 2 aromatic carbocycles. The second-order valence-electron chi connectivity index (χ2n) is 8.91. The SMILES string of the molecule is CC(C)(C)OC(=O)CCN1CCOC(c2ccc(Oc3ccc(S(C)(=O)=O)cc3)cc2)C1. The van der Waals surface area contributed by atoms with Gasteiger partial charge >= 0.3 is 5.97 Å². The fraction of sp³-hybridized carbons (Fsp3) is 0.458. The maximum absolute atomic E-state index is 12.0. The van der Waals surface area contributed by atoms with Crippen LogP contribution in [0.4, 0.5) is 0 Å². The van der Waals surface area contributed by atoms with E-state index in [1.54, 1.807) is 12.1 Å². The van der Waals surface area contributed by atoms with E-state index >= 15 is 0 Å². The van der Waals surface area contributed by atoms with E-state index in [9.17, 15) is 13.2 Å². The van der Waals surface area contributed by atoms with Gasteiger partial charge < -0.3 is 14.2 Å². The lowest BCUT2D eigenvalue weighted by Gasteiger charge is -2.33. The Hall–Kier alpha value is -2.42. The number of hydrogen-bond donors (Lipinski definition) is 0. The van der Waals surface area contributed by atoms with Crippen molar-refractivity contribution < 1.29 is 27.4 Å². The largest absolute Gasteiger partial charge is 0.460 e. The quantitative estimate of drug-likeness (QED) is 0.577. The number of benzene rings is 2. The number of carbonyl (C=O) groups is 1. The van der Waals surface area contributed by atoms with Crippen LogP contribution in [-0.2, 0) is 24.1 Å². The third-order valence-corrected chi connectivity index (χ3v) is 6.07. The Morgan fingerprint density at radius 3 is 2.22 bits per heavy atom. The molecule has 8 heteroatoms. The zero-order valence-corrected chi connectivity index (χ0v) is 19.9. The first-order valence-corrected chi connectivity index (χ1v) is 12.5. The van der Waals surface area contributed by atoms with Gasteiger partial charge in [-0.1, -0.05) is 12.1 Å². The third kappa shape index (κ3) is 7.32. The zero-order valence-electron chi connectivity index (χ0n) is 19.0. The van der Waals surface area contributed by atoms with Crippen LogP contribution in [0.3, 0.4) is 0 Å². The average molecular weight is 462 g/mol. The number of ether oxygens (including phenoxy) is 3. The molecule has 3 rings (SSSR count). The van der Waals surface area contributed by atoms with Crippen LogP contribution < -0.4 is 4.74 Å². The van der Waals surface area contributed by atoms with Crippen molar-refractivity contribution in [1.82, 2.24) is 4.90 Å². The maximum Gasteiger partial charge on any atom is 0.307 e. The van der Waals surface area contributed by atoms with Crippen molar-refractivity contribution in [3.8, 4) is 11.5 Å². The van der Waals surface area contributed by atoms with Gasteiger partial charge in [0.2, 0.25) is 0 Å². The van der Waals surface area contributed by atoms with Crippen molar-refractivity contribution >= 4 is 15.8 Å². The number of rotatable bonds is 7. The van der Waals surface area contributed by atoms with E-state index in [-0.39, 0.29) is 17.0 Å². The van der Waals surface area contributed by atoms with Crippen LogP contribution in [-0.4, -0.2) is 57.4 Å². The third-order valence-electron chi connectivity index (χ3n) is 4.94. The van der Waals surface area contributed by atoms with E-state index in [1.807, 2.05) is 45.0 Å². The first-order valence-electron chi connectivity index (χ1n) is 10.6. The molecule has 0 N–H and O–H groups in total. The number of nitrogens with zero attached hydrogens (tertiary/aromatic N) is 1. The summed E-state index contributed by atoms with van der Waals surface area (Å²) in [7, 11) is -3.23. The molecule has 7 nitrogen and oxygen atoms in total. The summed E-state index contributed by atoms with van der Waals surface area (Å²) in [6.45, 7) is 8.33. The molecule has 0 spiro atoms. The lowest BCUT2D eigenvalue weighted by Crippen LogP contribution is -2.39. The molecule has 1 fully saturated rings. The van der Waals surface area contributed by atoms with Gasteiger partial charge in [0.25, 0.3) is 0 Å². The highest BCUT2D eigenvalue weighted by molar-refractivity contribution is 7.90. The van der Waals surface area contributed by atoms with E-state index < -0.39 is 15.4 Å². The summed E-state index contributed by atoms with van der Waals surface area (Å²) in [4.78, 5) is 14.5. The minimum atomic E-state index is -3.23. The Kier molecular flexibility index (Phi) is 7.59. The predicted octanol–water partition coefficient (Wildman–Crippen LogP) is 3.99. The van der Waals surface area contributed by atoms with Crippen LogP contribution in [0.25, 0.3) is 0 Å². The number of hydrogen-bond acceptors (Lipinski definition) is 7. The molecule has 1 saturated heterocycles. The molecule has 174 valence electrons. The van der Waals surface area contributed by atoms with Crippen LogP contribution in [0.15, 0.2) is 53.4 Å². The Morgan fingerprint density at radius 2 is 1.66 bits per heavy atom. The number of carbonyl (C=O) groups excluding carboxylic acids is 1. The van der Waals surface area contributed by atoms with Crippen LogP contribution in [0.2, 0.25) is 0 Å². The van der Waals surface area contributed by atoms with Gasteiger partial charge in [-0.3, -0.25) is 9.69 Å². The molecule has 2 aromatic rings. The van der Waals surface area contributed by atoms with E-state index in [1.165, 1.54) is 18.4 Å². The highest BCUT2D eigenvalue weighted by Crippen LogP contribution is 2.27. The molecule has 0 bridgehead atoms. The van der Waals surface area contributed by atoms with E-state index in [4.69, 9.17) is 14.2 Å². The van der Waals surface area contributed by atoms with E-state index in [2.05, 4.69) is 4.90 Å². The van der Waals surface area contributed by atoms with Gasteiger partial charge in [-0.05, 0) is 62.7 Å². The van der Waals surface area contributed by atoms with Crippen molar-refractivity contribution in [2.75, 3.05) is 32.5 Å². The van der Waals surface area contributed by atoms with Gasteiger partial charge in [-0.2, -0.15) is 0 Å². The Labute approximate surface area is 190 Å².